The zero-order valence-corrected chi connectivity index (χ0v) is 12.1. The lowest BCUT2D eigenvalue weighted by atomic mass is 10.3. The van der Waals surface area contributed by atoms with E-state index in [9.17, 15) is 13.2 Å². The molecule has 1 amide bonds. The molecule has 0 spiro atoms. The van der Waals surface area contributed by atoms with Crippen molar-refractivity contribution in [2.24, 2.45) is 5.73 Å². The number of hydrogen-bond acceptors (Lipinski definition) is 4. The van der Waals surface area contributed by atoms with Gasteiger partial charge < -0.3 is 10.6 Å². The fourth-order valence-corrected chi connectivity index (χ4v) is 3.64. The van der Waals surface area contributed by atoms with Crippen molar-refractivity contribution >= 4 is 15.9 Å². The molecular formula is C13H19N3O3S. The van der Waals surface area contributed by atoms with Crippen molar-refractivity contribution in [1.82, 2.24) is 9.21 Å². The van der Waals surface area contributed by atoms with Crippen LogP contribution in [0.2, 0.25) is 0 Å². The summed E-state index contributed by atoms with van der Waals surface area (Å²) in [6.45, 7) is 1.82. The molecule has 0 bridgehead atoms. The van der Waals surface area contributed by atoms with Crippen molar-refractivity contribution in [1.29, 1.82) is 0 Å². The number of carbonyl (C=O) groups excluding carboxylic acids is 1. The summed E-state index contributed by atoms with van der Waals surface area (Å²) in [4.78, 5) is 13.7. The molecule has 0 aromatic heterocycles. The summed E-state index contributed by atoms with van der Waals surface area (Å²) >= 11 is 0. The third-order valence-corrected chi connectivity index (χ3v) is 5.24. The topological polar surface area (TPSA) is 83.7 Å². The Morgan fingerprint density at radius 1 is 1.10 bits per heavy atom. The Labute approximate surface area is 119 Å². The maximum atomic E-state index is 12.4. The van der Waals surface area contributed by atoms with Crippen LogP contribution in [0.4, 0.5) is 0 Å². The zero-order valence-electron chi connectivity index (χ0n) is 11.2. The van der Waals surface area contributed by atoms with Gasteiger partial charge in [-0.25, -0.2) is 8.42 Å². The van der Waals surface area contributed by atoms with E-state index >= 15 is 0 Å². The Morgan fingerprint density at radius 2 is 1.70 bits per heavy atom. The van der Waals surface area contributed by atoms with E-state index in [2.05, 4.69) is 0 Å². The smallest absolute Gasteiger partial charge is 0.243 e. The predicted octanol–water partition coefficient (Wildman–Crippen LogP) is -0.132. The molecule has 1 aliphatic rings. The van der Waals surface area contributed by atoms with Gasteiger partial charge in [0, 0.05) is 39.1 Å². The molecule has 2 rings (SSSR count). The minimum Gasteiger partial charge on any atom is -0.340 e. The standard InChI is InChI=1S/C13H19N3O3S/c14-7-6-13(17)15-8-10-16(11-9-15)20(18,19)12-4-2-1-3-5-12/h1-5H,6-11,14H2. The highest BCUT2D eigenvalue weighted by molar-refractivity contribution is 7.89. The molecule has 7 heteroatoms. The molecule has 6 nitrogen and oxygen atoms in total. The van der Waals surface area contributed by atoms with Gasteiger partial charge in [-0.2, -0.15) is 4.31 Å². The highest BCUT2D eigenvalue weighted by atomic mass is 32.2. The summed E-state index contributed by atoms with van der Waals surface area (Å²) in [6.07, 6.45) is 0.311. The van der Waals surface area contributed by atoms with Crippen molar-refractivity contribution in [2.45, 2.75) is 11.3 Å². The van der Waals surface area contributed by atoms with Gasteiger partial charge in [-0.3, -0.25) is 4.79 Å². The van der Waals surface area contributed by atoms with Crippen LogP contribution in [-0.2, 0) is 14.8 Å². The second-order valence-electron chi connectivity index (χ2n) is 4.64. The van der Waals surface area contributed by atoms with E-state index in [1.54, 1.807) is 35.2 Å². The first kappa shape index (κ1) is 15.0. The highest BCUT2D eigenvalue weighted by Gasteiger charge is 2.29. The molecule has 0 saturated carbocycles. The number of benzene rings is 1. The average Bonchev–Trinajstić information content (AvgIpc) is 2.48. The van der Waals surface area contributed by atoms with Crippen molar-refractivity contribution < 1.29 is 13.2 Å². The Morgan fingerprint density at radius 3 is 2.25 bits per heavy atom. The van der Waals surface area contributed by atoms with Gasteiger partial charge in [0.1, 0.15) is 0 Å². The molecule has 1 aliphatic heterocycles. The third kappa shape index (κ3) is 3.17. The molecule has 0 radical (unpaired) electrons. The zero-order chi connectivity index (χ0) is 14.6. The van der Waals surface area contributed by atoms with Crippen molar-refractivity contribution in [3.05, 3.63) is 30.3 Å². The maximum Gasteiger partial charge on any atom is 0.243 e. The van der Waals surface area contributed by atoms with Gasteiger partial charge in [0.25, 0.3) is 0 Å². The summed E-state index contributed by atoms with van der Waals surface area (Å²) in [5.41, 5.74) is 5.35. The molecule has 0 unspecified atom stereocenters. The van der Waals surface area contributed by atoms with E-state index in [-0.39, 0.29) is 5.91 Å². The number of rotatable bonds is 4. The molecule has 1 heterocycles. The highest BCUT2D eigenvalue weighted by Crippen LogP contribution is 2.17. The Kier molecular flexibility index (Phi) is 4.74. The van der Waals surface area contributed by atoms with Gasteiger partial charge in [-0.05, 0) is 12.1 Å². The van der Waals surface area contributed by atoms with E-state index in [0.717, 1.165) is 0 Å². The second-order valence-corrected chi connectivity index (χ2v) is 6.57. The van der Waals surface area contributed by atoms with Crippen molar-refractivity contribution in [2.75, 3.05) is 32.7 Å². The Bertz CT molecular complexity index is 551. The van der Waals surface area contributed by atoms with E-state index in [4.69, 9.17) is 5.73 Å². The van der Waals surface area contributed by atoms with Gasteiger partial charge in [-0.15, -0.1) is 0 Å². The molecule has 1 aromatic rings. The first-order valence-electron chi connectivity index (χ1n) is 6.59. The van der Waals surface area contributed by atoms with Crippen LogP contribution in [0.25, 0.3) is 0 Å². The lowest BCUT2D eigenvalue weighted by Gasteiger charge is -2.34. The van der Waals surface area contributed by atoms with Crippen LogP contribution in [0.3, 0.4) is 0 Å². The maximum absolute atomic E-state index is 12.4. The molecule has 110 valence electrons. The Balaban J connectivity index is 2.02. The molecule has 1 fully saturated rings. The second kappa shape index (κ2) is 6.34. The number of piperazine rings is 1. The van der Waals surface area contributed by atoms with Gasteiger partial charge >= 0.3 is 0 Å². The Hall–Kier alpha value is -1.44. The summed E-state index contributed by atoms with van der Waals surface area (Å²) in [5, 5.41) is 0. The molecule has 0 atom stereocenters. The largest absolute Gasteiger partial charge is 0.340 e. The lowest BCUT2D eigenvalue weighted by Crippen LogP contribution is -2.50. The fourth-order valence-electron chi connectivity index (χ4n) is 2.20. The summed E-state index contributed by atoms with van der Waals surface area (Å²) in [6, 6.07) is 8.35. The SMILES string of the molecule is NCCC(=O)N1CCN(S(=O)(=O)c2ccccc2)CC1. The van der Waals surface area contributed by atoms with Gasteiger partial charge in [0.15, 0.2) is 0 Å². The minimum absolute atomic E-state index is 0.00995. The predicted molar refractivity (Wildman–Crippen MR) is 75.5 cm³/mol. The van der Waals surface area contributed by atoms with Crippen molar-refractivity contribution in [3.8, 4) is 0 Å². The van der Waals surface area contributed by atoms with Crippen molar-refractivity contribution in [3.63, 3.8) is 0 Å². The van der Waals surface area contributed by atoms with Crippen LogP contribution in [0.1, 0.15) is 6.42 Å². The molecular weight excluding hydrogens is 278 g/mol. The van der Waals surface area contributed by atoms with Crippen LogP contribution in [0, 0.1) is 0 Å². The first-order valence-corrected chi connectivity index (χ1v) is 8.03. The van der Waals surface area contributed by atoms with Gasteiger partial charge in [-0.1, -0.05) is 18.2 Å². The molecule has 1 aromatic carbocycles. The summed E-state index contributed by atoms with van der Waals surface area (Å²) in [5.74, 6) is -0.00995. The van der Waals surface area contributed by atoms with Crippen LogP contribution in [-0.4, -0.2) is 56.3 Å². The van der Waals surface area contributed by atoms with E-state index in [1.165, 1.54) is 4.31 Å². The van der Waals surface area contributed by atoms with Crippen LogP contribution < -0.4 is 5.73 Å². The van der Waals surface area contributed by atoms with E-state index < -0.39 is 10.0 Å². The summed E-state index contributed by atoms with van der Waals surface area (Å²) < 4.78 is 26.2. The minimum atomic E-state index is -3.45. The van der Waals surface area contributed by atoms with E-state index in [0.29, 0.717) is 44.0 Å². The van der Waals surface area contributed by atoms with Gasteiger partial charge in [0.2, 0.25) is 15.9 Å². The van der Waals surface area contributed by atoms with E-state index in [1.807, 2.05) is 0 Å². The molecule has 0 aliphatic carbocycles. The lowest BCUT2D eigenvalue weighted by molar-refractivity contribution is -0.132. The fraction of sp³-hybridized carbons (Fsp3) is 0.462. The third-order valence-electron chi connectivity index (χ3n) is 3.33. The number of nitrogens with two attached hydrogens (primary N) is 1. The number of sulfonamides is 1. The van der Waals surface area contributed by atoms with Gasteiger partial charge in [0.05, 0.1) is 4.90 Å². The van der Waals surface area contributed by atoms with Crippen LogP contribution in [0.5, 0.6) is 0 Å². The number of amides is 1. The van der Waals surface area contributed by atoms with Crippen LogP contribution >= 0.6 is 0 Å². The molecule has 1 saturated heterocycles. The number of carbonyl (C=O) groups is 1. The monoisotopic (exact) mass is 297 g/mol. The average molecular weight is 297 g/mol. The molecule has 2 N–H and O–H groups in total. The number of nitrogens with zero attached hydrogens (tertiary/aromatic N) is 2. The molecule has 20 heavy (non-hydrogen) atoms. The number of hydrogen-bond donors (Lipinski definition) is 1. The quantitative estimate of drug-likeness (QED) is 0.839. The van der Waals surface area contributed by atoms with Crippen LogP contribution in [0.15, 0.2) is 35.2 Å². The summed E-state index contributed by atoms with van der Waals surface area (Å²) in [7, 11) is -3.45. The normalized spacial score (nSPS) is 17.1. The first-order chi connectivity index (χ1) is 9.55.